The SMILES string of the molecule is c1cncc(OCCCn2ccnc2)c1. The summed E-state index contributed by atoms with van der Waals surface area (Å²) in [5.74, 6) is 0.822. The Hall–Kier alpha value is -1.84. The molecule has 2 aromatic heterocycles. The van der Waals surface area contributed by atoms with Gasteiger partial charge in [-0.05, 0) is 18.6 Å². The maximum absolute atomic E-state index is 5.51. The van der Waals surface area contributed by atoms with E-state index in [4.69, 9.17) is 4.74 Å². The molecule has 0 aliphatic rings. The fraction of sp³-hybridized carbons (Fsp3) is 0.273. The lowest BCUT2D eigenvalue weighted by atomic mass is 10.4. The number of aromatic nitrogens is 3. The van der Waals surface area contributed by atoms with Gasteiger partial charge in [0.25, 0.3) is 0 Å². The number of pyridine rings is 1. The second-order valence-electron chi connectivity index (χ2n) is 3.19. The number of rotatable bonds is 5. The summed E-state index contributed by atoms with van der Waals surface area (Å²) in [5, 5.41) is 0. The fourth-order valence-electron chi connectivity index (χ4n) is 1.29. The van der Waals surface area contributed by atoms with E-state index in [1.807, 2.05) is 29.2 Å². The zero-order valence-corrected chi connectivity index (χ0v) is 8.41. The second kappa shape index (κ2) is 5.14. The highest BCUT2D eigenvalue weighted by atomic mass is 16.5. The predicted octanol–water partition coefficient (Wildman–Crippen LogP) is 1.75. The summed E-state index contributed by atoms with van der Waals surface area (Å²) in [6.45, 7) is 1.63. The van der Waals surface area contributed by atoms with Gasteiger partial charge in [-0.1, -0.05) is 0 Å². The van der Waals surface area contributed by atoms with Gasteiger partial charge >= 0.3 is 0 Å². The Morgan fingerprint density at radius 2 is 2.27 bits per heavy atom. The number of ether oxygens (including phenoxy) is 1. The standard InChI is InChI=1S/C11H13N3O/c1-3-11(9-12-4-1)15-8-2-6-14-7-5-13-10-14/h1,3-5,7,9-10H,2,6,8H2. The van der Waals surface area contributed by atoms with E-state index in [9.17, 15) is 0 Å². The van der Waals surface area contributed by atoms with Crippen LogP contribution in [0, 0.1) is 0 Å². The maximum Gasteiger partial charge on any atom is 0.137 e. The molecule has 2 aromatic rings. The molecule has 2 rings (SSSR count). The Bertz CT molecular complexity index is 372. The van der Waals surface area contributed by atoms with Crippen LogP contribution in [0.4, 0.5) is 0 Å². The highest BCUT2D eigenvalue weighted by molar-refractivity contribution is 5.15. The Balaban J connectivity index is 1.68. The van der Waals surface area contributed by atoms with E-state index in [-0.39, 0.29) is 0 Å². The van der Waals surface area contributed by atoms with Gasteiger partial charge in [0.2, 0.25) is 0 Å². The molecule has 0 bridgehead atoms. The first kappa shape index (κ1) is 9.71. The zero-order valence-electron chi connectivity index (χ0n) is 8.41. The average Bonchev–Trinajstić information content (AvgIpc) is 2.79. The second-order valence-corrected chi connectivity index (χ2v) is 3.19. The van der Waals surface area contributed by atoms with Crippen LogP contribution in [0.5, 0.6) is 5.75 Å². The van der Waals surface area contributed by atoms with E-state index in [1.54, 1.807) is 18.6 Å². The van der Waals surface area contributed by atoms with Crippen molar-refractivity contribution in [2.75, 3.05) is 6.61 Å². The topological polar surface area (TPSA) is 39.9 Å². The van der Waals surface area contributed by atoms with Crippen LogP contribution in [-0.4, -0.2) is 21.1 Å². The Morgan fingerprint density at radius 3 is 3.00 bits per heavy atom. The van der Waals surface area contributed by atoms with Crippen LogP contribution in [-0.2, 0) is 6.54 Å². The Kier molecular flexibility index (Phi) is 3.33. The molecule has 0 unspecified atom stereocenters. The first-order chi connectivity index (χ1) is 7.45. The van der Waals surface area contributed by atoms with Crippen molar-refractivity contribution in [1.29, 1.82) is 0 Å². The predicted molar refractivity (Wildman–Crippen MR) is 56.6 cm³/mol. The molecule has 0 fully saturated rings. The molecule has 0 atom stereocenters. The van der Waals surface area contributed by atoms with Gasteiger partial charge in [0.1, 0.15) is 5.75 Å². The van der Waals surface area contributed by atoms with E-state index >= 15 is 0 Å². The first-order valence-corrected chi connectivity index (χ1v) is 4.94. The fourth-order valence-corrected chi connectivity index (χ4v) is 1.29. The third-order valence-electron chi connectivity index (χ3n) is 2.02. The molecule has 0 aromatic carbocycles. The summed E-state index contributed by atoms with van der Waals surface area (Å²) in [7, 11) is 0. The number of imidazole rings is 1. The summed E-state index contributed by atoms with van der Waals surface area (Å²) in [4.78, 5) is 7.94. The molecular weight excluding hydrogens is 190 g/mol. The summed E-state index contributed by atoms with van der Waals surface area (Å²) in [6.07, 6.45) is 9.96. The molecule has 78 valence electrons. The van der Waals surface area contributed by atoms with Crippen LogP contribution in [0.1, 0.15) is 6.42 Å². The lowest BCUT2D eigenvalue weighted by Crippen LogP contribution is -2.03. The molecule has 0 N–H and O–H groups in total. The monoisotopic (exact) mass is 203 g/mol. The van der Waals surface area contributed by atoms with E-state index < -0.39 is 0 Å². The molecule has 0 aliphatic heterocycles. The van der Waals surface area contributed by atoms with Crippen molar-refractivity contribution >= 4 is 0 Å². The molecule has 4 nitrogen and oxygen atoms in total. The summed E-state index contributed by atoms with van der Waals surface area (Å²) in [5.41, 5.74) is 0. The van der Waals surface area contributed by atoms with Crippen LogP contribution in [0.2, 0.25) is 0 Å². The van der Waals surface area contributed by atoms with Crippen LogP contribution < -0.4 is 4.74 Å². The largest absolute Gasteiger partial charge is 0.492 e. The summed E-state index contributed by atoms with van der Waals surface area (Å²) < 4.78 is 7.54. The van der Waals surface area contributed by atoms with Gasteiger partial charge in [0, 0.05) is 25.1 Å². The van der Waals surface area contributed by atoms with E-state index in [1.165, 1.54) is 0 Å². The van der Waals surface area contributed by atoms with Gasteiger partial charge in [0.05, 0.1) is 19.1 Å². The highest BCUT2D eigenvalue weighted by Crippen LogP contribution is 2.06. The number of hydrogen-bond donors (Lipinski definition) is 0. The molecule has 0 aliphatic carbocycles. The van der Waals surface area contributed by atoms with Crippen molar-refractivity contribution in [3.05, 3.63) is 43.2 Å². The minimum Gasteiger partial charge on any atom is -0.492 e. The van der Waals surface area contributed by atoms with Crippen molar-refractivity contribution in [3.8, 4) is 5.75 Å². The molecule has 0 radical (unpaired) electrons. The van der Waals surface area contributed by atoms with Gasteiger partial charge in [-0.25, -0.2) is 4.98 Å². The number of nitrogens with zero attached hydrogens (tertiary/aromatic N) is 3. The van der Waals surface area contributed by atoms with Crippen molar-refractivity contribution in [1.82, 2.24) is 14.5 Å². The third kappa shape index (κ3) is 3.09. The minimum absolute atomic E-state index is 0.698. The quantitative estimate of drug-likeness (QED) is 0.695. The lowest BCUT2D eigenvalue weighted by Gasteiger charge is -2.05. The van der Waals surface area contributed by atoms with Gasteiger partial charge in [-0.2, -0.15) is 0 Å². The minimum atomic E-state index is 0.698. The van der Waals surface area contributed by atoms with Gasteiger partial charge in [0.15, 0.2) is 0 Å². The Labute approximate surface area is 88.6 Å². The van der Waals surface area contributed by atoms with Gasteiger partial charge < -0.3 is 9.30 Å². The van der Waals surface area contributed by atoms with Crippen LogP contribution in [0.25, 0.3) is 0 Å². The molecular formula is C11H13N3O. The van der Waals surface area contributed by atoms with Gasteiger partial charge in [-0.15, -0.1) is 0 Å². The highest BCUT2D eigenvalue weighted by Gasteiger charge is 1.93. The summed E-state index contributed by atoms with van der Waals surface area (Å²) >= 11 is 0. The molecule has 0 spiro atoms. The zero-order chi connectivity index (χ0) is 10.3. The normalized spacial score (nSPS) is 10.1. The summed E-state index contributed by atoms with van der Waals surface area (Å²) in [6, 6.07) is 3.77. The molecule has 15 heavy (non-hydrogen) atoms. The van der Waals surface area contributed by atoms with Crippen molar-refractivity contribution in [2.24, 2.45) is 0 Å². The van der Waals surface area contributed by atoms with Crippen LogP contribution in [0.3, 0.4) is 0 Å². The van der Waals surface area contributed by atoms with Crippen molar-refractivity contribution in [2.45, 2.75) is 13.0 Å². The Morgan fingerprint density at radius 1 is 1.27 bits per heavy atom. The molecule has 0 saturated carbocycles. The molecule has 0 saturated heterocycles. The number of aryl methyl sites for hydroxylation is 1. The van der Waals surface area contributed by atoms with E-state index in [0.29, 0.717) is 6.61 Å². The molecule has 4 heteroatoms. The first-order valence-electron chi connectivity index (χ1n) is 4.94. The smallest absolute Gasteiger partial charge is 0.137 e. The maximum atomic E-state index is 5.51. The average molecular weight is 203 g/mol. The van der Waals surface area contributed by atoms with E-state index in [0.717, 1.165) is 18.7 Å². The third-order valence-corrected chi connectivity index (χ3v) is 2.02. The van der Waals surface area contributed by atoms with Crippen LogP contribution in [0.15, 0.2) is 43.2 Å². The van der Waals surface area contributed by atoms with Gasteiger partial charge in [-0.3, -0.25) is 4.98 Å². The lowest BCUT2D eigenvalue weighted by molar-refractivity contribution is 0.300. The van der Waals surface area contributed by atoms with Crippen molar-refractivity contribution < 1.29 is 4.74 Å². The van der Waals surface area contributed by atoms with E-state index in [2.05, 4.69) is 9.97 Å². The van der Waals surface area contributed by atoms with Crippen molar-refractivity contribution in [3.63, 3.8) is 0 Å². The molecule has 2 heterocycles. The van der Waals surface area contributed by atoms with Crippen LogP contribution >= 0.6 is 0 Å². The molecule has 0 amide bonds. The number of hydrogen-bond acceptors (Lipinski definition) is 3.